The third-order valence-electron chi connectivity index (χ3n) is 2.88. The summed E-state index contributed by atoms with van der Waals surface area (Å²) >= 11 is 0. The van der Waals surface area contributed by atoms with Crippen LogP contribution in [0.2, 0.25) is 0 Å². The Morgan fingerprint density at radius 3 is 2.78 bits per heavy atom. The summed E-state index contributed by atoms with van der Waals surface area (Å²) in [4.78, 5) is 4.22. The lowest BCUT2D eigenvalue weighted by molar-refractivity contribution is -0.107. The predicted octanol–water partition coefficient (Wildman–Crippen LogP) is 0.634. The van der Waals surface area contributed by atoms with Crippen LogP contribution in [0.4, 0.5) is 0 Å². The fraction of sp³-hybridized carbons (Fsp3) is 0.750. The number of rotatable bonds is 3. The molecular weight excluding hydrogens is 232 g/mol. The van der Waals surface area contributed by atoms with Crippen molar-refractivity contribution in [3.05, 3.63) is 11.4 Å². The third-order valence-corrected chi connectivity index (χ3v) is 2.88. The van der Waals surface area contributed by atoms with Gasteiger partial charge in [0.1, 0.15) is 12.7 Å². The number of hydrogen-bond acceptors (Lipinski definition) is 6. The van der Waals surface area contributed by atoms with Crippen LogP contribution in [0, 0.1) is 13.8 Å². The highest BCUT2D eigenvalue weighted by atomic mass is 16.6. The fourth-order valence-corrected chi connectivity index (χ4v) is 1.83. The van der Waals surface area contributed by atoms with E-state index in [1.165, 1.54) is 0 Å². The molecule has 0 amide bonds. The summed E-state index contributed by atoms with van der Waals surface area (Å²) in [7, 11) is 0. The molecule has 0 radical (unpaired) electrons. The Kier molecular flexibility index (Phi) is 3.77. The molecule has 6 nitrogen and oxygen atoms in total. The summed E-state index contributed by atoms with van der Waals surface area (Å²) in [5.74, 6) is 0. The Labute approximate surface area is 107 Å². The number of aryl methyl sites for hydroxylation is 2. The fourth-order valence-electron chi connectivity index (χ4n) is 1.83. The van der Waals surface area contributed by atoms with Crippen LogP contribution in [0.1, 0.15) is 25.2 Å². The monoisotopic (exact) mass is 252 g/mol. The zero-order valence-electron chi connectivity index (χ0n) is 11.4. The van der Waals surface area contributed by atoms with E-state index in [9.17, 15) is 0 Å². The smallest absolute Gasteiger partial charge is 0.335 e. The first-order chi connectivity index (χ1) is 8.46. The van der Waals surface area contributed by atoms with Crippen LogP contribution in [0.3, 0.4) is 0 Å². The summed E-state index contributed by atoms with van der Waals surface area (Å²) < 4.78 is 11.4. The van der Waals surface area contributed by atoms with Gasteiger partial charge in [-0.3, -0.25) is 0 Å². The summed E-state index contributed by atoms with van der Waals surface area (Å²) in [5.41, 5.74) is 1.50. The van der Waals surface area contributed by atoms with E-state index in [1.807, 2.05) is 13.8 Å². The van der Waals surface area contributed by atoms with Crippen molar-refractivity contribution in [3.63, 3.8) is 0 Å². The van der Waals surface area contributed by atoms with E-state index < -0.39 is 0 Å². The Balaban J connectivity index is 1.89. The lowest BCUT2D eigenvalue weighted by atomic mass is 10.1. The second kappa shape index (κ2) is 5.16. The molecule has 18 heavy (non-hydrogen) atoms. The van der Waals surface area contributed by atoms with Gasteiger partial charge in [0.2, 0.25) is 0 Å². The zero-order chi connectivity index (χ0) is 13.2. The maximum Gasteiger partial charge on any atom is 0.335 e. The molecule has 0 spiro atoms. The van der Waals surface area contributed by atoms with Crippen LogP contribution in [0.15, 0.2) is 0 Å². The van der Waals surface area contributed by atoms with Gasteiger partial charge in [0.05, 0.1) is 17.0 Å². The largest absolute Gasteiger partial charge is 0.460 e. The molecule has 1 aliphatic rings. The van der Waals surface area contributed by atoms with Crippen LogP contribution >= 0.6 is 0 Å². The molecule has 1 aromatic rings. The van der Waals surface area contributed by atoms with Crippen molar-refractivity contribution in [2.45, 2.75) is 39.4 Å². The van der Waals surface area contributed by atoms with Gasteiger partial charge in [0.15, 0.2) is 0 Å². The summed E-state index contributed by atoms with van der Waals surface area (Å²) in [6.45, 7) is 9.93. The van der Waals surface area contributed by atoms with Crippen molar-refractivity contribution in [1.29, 1.82) is 0 Å². The number of nitrogens with zero attached hydrogens (tertiary/aromatic N) is 3. The van der Waals surface area contributed by atoms with Crippen molar-refractivity contribution >= 4 is 0 Å². The van der Waals surface area contributed by atoms with Crippen molar-refractivity contribution < 1.29 is 9.47 Å². The SMILES string of the molecule is Cc1nnc(OCC2CNCC(C)(C)O2)nc1C. The highest BCUT2D eigenvalue weighted by Gasteiger charge is 2.28. The summed E-state index contributed by atoms with van der Waals surface area (Å²) in [6, 6.07) is 0.310. The van der Waals surface area contributed by atoms with Crippen molar-refractivity contribution in [3.8, 4) is 6.01 Å². The Hall–Kier alpha value is -1.27. The molecule has 100 valence electrons. The van der Waals surface area contributed by atoms with Gasteiger partial charge in [0, 0.05) is 13.1 Å². The Bertz CT molecular complexity index is 423. The standard InChI is InChI=1S/C12H20N4O2/c1-8-9(2)15-16-11(14-8)17-6-10-5-13-7-12(3,4)18-10/h10,13H,5-7H2,1-4H3. The molecule has 1 aromatic heterocycles. The van der Waals surface area contributed by atoms with Crippen LogP contribution in [-0.2, 0) is 4.74 Å². The van der Waals surface area contributed by atoms with E-state index in [0.717, 1.165) is 24.5 Å². The molecule has 1 unspecified atom stereocenters. The van der Waals surface area contributed by atoms with Gasteiger partial charge in [-0.2, -0.15) is 4.98 Å². The zero-order valence-corrected chi connectivity index (χ0v) is 11.4. The second-order valence-corrected chi connectivity index (χ2v) is 5.21. The van der Waals surface area contributed by atoms with E-state index in [4.69, 9.17) is 9.47 Å². The van der Waals surface area contributed by atoms with E-state index in [2.05, 4.69) is 34.3 Å². The highest BCUT2D eigenvalue weighted by molar-refractivity contribution is 5.07. The van der Waals surface area contributed by atoms with Gasteiger partial charge in [-0.1, -0.05) is 5.10 Å². The first kappa shape index (κ1) is 13.2. The lowest BCUT2D eigenvalue weighted by Gasteiger charge is -2.36. The van der Waals surface area contributed by atoms with Crippen LogP contribution < -0.4 is 10.1 Å². The first-order valence-electron chi connectivity index (χ1n) is 6.15. The van der Waals surface area contributed by atoms with Gasteiger partial charge in [0.25, 0.3) is 0 Å². The predicted molar refractivity (Wildman–Crippen MR) is 66.6 cm³/mol. The topological polar surface area (TPSA) is 69.2 Å². The molecule has 1 N–H and O–H groups in total. The molecular formula is C12H20N4O2. The van der Waals surface area contributed by atoms with Crippen LogP contribution in [0.5, 0.6) is 6.01 Å². The minimum atomic E-state index is -0.158. The molecule has 1 atom stereocenters. The molecule has 1 aliphatic heterocycles. The Morgan fingerprint density at radius 2 is 2.11 bits per heavy atom. The molecule has 6 heteroatoms. The number of morpholine rings is 1. The average molecular weight is 252 g/mol. The first-order valence-corrected chi connectivity index (χ1v) is 6.15. The molecule has 0 aliphatic carbocycles. The maximum absolute atomic E-state index is 5.89. The lowest BCUT2D eigenvalue weighted by Crippen LogP contribution is -2.52. The third kappa shape index (κ3) is 3.36. The number of nitrogens with one attached hydrogen (secondary N) is 1. The highest BCUT2D eigenvalue weighted by Crippen LogP contribution is 2.15. The van der Waals surface area contributed by atoms with Gasteiger partial charge < -0.3 is 14.8 Å². The van der Waals surface area contributed by atoms with Crippen molar-refractivity contribution in [2.75, 3.05) is 19.7 Å². The number of ether oxygens (including phenoxy) is 2. The number of hydrogen-bond donors (Lipinski definition) is 1. The average Bonchev–Trinajstić information content (AvgIpc) is 2.29. The maximum atomic E-state index is 5.89. The molecule has 2 rings (SSSR count). The molecule has 2 heterocycles. The quantitative estimate of drug-likeness (QED) is 0.851. The normalized spacial score (nSPS) is 22.8. The van der Waals surface area contributed by atoms with E-state index in [-0.39, 0.29) is 11.7 Å². The summed E-state index contributed by atoms with van der Waals surface area (Å²) in [5, 5.41) is 11.2. The van der Waals surface area contributed by atoms with E-state index in [0.29, 0.717) is 12.6 Å². The van der Waals surface area contributed by atoms with Crippen molar-refractivity contribution in [1.82, 2.24) is 20.5 Å². The second-order valence-electron chi connectivity index (χ2n) is 5.21. The van der Waals surface area contributed by atoms with E-state index >= 15 is 0 Å². The van der Waals surface area contributed by atoms with Crippen molar-refractivity contribution in [2.24, 2.45) is 0 Å². The van der Waals surface area contributed by atoms with E-state index in [1.54, 1.807) is 0 Å². The summed E-state index contributed by atoms with van der Waals surface area (Å²) in [6.07, 6.45) is 0.0129. The van der Waals surface area contributed by atoms with Gasteiger partial charge >= 0.3 is 6.01 Å². The molecule has 1 fully saturated rings. The van der Waals surface area contributed by atoms with Gasteiger partial charge in [-0.15, -0.1) is 5.10 Å². The number of aromatic nitrogens is 3. The molecule has 0 aromatic carbocycles. The van der Waals surface area contributed by atoms with Crippen LogP contribution in [-0.4, -0.2) is 46.6 Å². The Morgan fingerprint density at radius 1 is 1.33 bits per heavy atom. The minimum Gasteiger partial charge on any atom is -0.460 e. The van der Waals surface area contributed by atoms with Gasteiger partial charge in [-0.25, -0.2) is 0 Å². The van der Waals surface area contributed by atoms with Crippen LogP contribution in [0.25, 0.3) is 0 Å². The molecule has 1 saturated heterocycles. The van der Waals surface area contributed by atoms with Gasteiger partial charge in [-0.05, 0) is 27.7 Å². The molecule has 0 saturated carbocycles. The minimum absolute atomic E-state index is 0.0129. The molecule has 0 bridgehead atoms.